The molecule has 1 aromatic rings. The van der Waals surface area contributed by atoms with Crippen LogP contribution in [0.25, 0.3) is 0 Å². The van der Waals surface area contributed by atoms with Crippen LogP contribution in [0, 0.1) is 19.8 Å². The van der Waals surface area contributed by atoms with Gasteiger partial charge in [0.1, 0.15) is 0 Å². The molecule has 0 saturated carbocycles. The number of halogens is 1. The largest absolute Gasteiger partial charge is 0.160 e. The van der Waals surface area contributed by atoms with E-state index in [1.54, 1.807) is 0 Å². The molecule has 2 rings (SSSR count). The number of aryl methyl sites for hydroxylation is 2. The molecule has 0 N–H and O–H groups in total. The Kier molecular flexibility index (Phi) is 3.63. The summed E-state index contributed by atoms with van der Waals surface area (Å²) in [7, 11) is 0. The second kappa shape index (κ2) is 4.80. The first-order valence-electron chi connectivity index (χ1n) is 5.45. The Bertz CT molecular complexity index is 328. The van der Waals surface area contributed by atoms with Crippen LogP contribution in [0.15, 0.2) is 18.2 Å². The van der Waals surface area contributed by atoms with Crippen molar-refractivity contribution in [2.45, 2.75) is 25.6 Å². The van der Waals surface area contributed by atoms with Crippen LogP contribution in [0.4, 0.5) is 0 Å². The molecule has 0 amide bonds. The number of hydrogen-bond donors (Lipinski definition) is 0. The van der Waals surface area contributed by atoms with Gasteiger partial charge in [-0.25, -0.2) is 0 Å². The van der Waals surface area contributed by atoms with Crippen molar-refractivity contribution >= 4 is 23.4 Å². The molecule has 2 heteroatoms. The number of thioether (sulfide) groups is 1. The zero-order valence-corrected chi connectivity index (χ0v) is 10.9. The van der Waals surface area contributed by atoms with E-state index in [1.165, 1.54) is 22.4 Å². The predicted octanol–water partition coefficient (Wildman–Crippen LogP) is 3.82. The van der Waals surface area contributed by atoms with Crippen LogP contribution in [0.2, 0.25) is 0 Å². The fourth-order valence-electron chi connectivity index (χ4n) is 2.19. The first-order valence-corrected chi connectivity index (χ1v) is 7.04. The molecule has 0 spiro atoms. The third kappa shape index (κ3) is 2.51. The summed E-state index contributed by atoms with van der Waals surface area (Å²) < 4.78 is 0. The van der Waals surface area contributed by atoms with E-state index in [4.69, 9.17) is 11.6 Å². The average Bonchev–Trinajstić information content (AvgIpc) is 2.58. The Morgan fingerprint density at radius 2 is 1.93 bits per heavy atom. The van der Waals surface area contributed by atoms with Crippen molar-refractivity contribution < 1.29 is 0 Å². The molecule has 82 valence electrons. The first kappa shape index (κ1) is 11.3. The Balaban J connectivity index is 2.16. The Hall–Kier alpha value is -0.140. The summed E-state index contributed by atoms with van der Waals surface area (Å²) in [6.45, 7) is 4.40. The van der Waals surface area contributed by atoms with Gasteiger partial charge in [-0.05, 0) is 48.6 Å². The molecule has 2 unspecified atom stereocenters. The highest BCUT2D eigenvalue weighted by atomic mass is 35.5. The molecule has 1 heterocycles. The summed E-state index contributed by atoms with van der Waals surface area (Å²) in [6, 6.07) is 6.54. The van der Waals surface area contributed by atoms with Gasteiger partial charge in [-0.2, -0.15) is 11.8 Å². The second-order valence-electron chi connectivity index (χ2n) is 4.39. The Morgan fingerprint density at radius 3 is 2.47 bits per heavy atom. The zero-order chi connectivity index (χ0) is 10.8. The molecule has 0 radical (unpaired) electrons. The lowest BCUT2D eigenvalue weighted by atomic mass is 9.92. The van der Waals surface area contributed by atoms with Crippen molar-refractivity contribution in [1.29, 1.82) is 0 Å². The quantitative estimate of drug-likeness (QED) is 0.709. The summed E-state index contributed by atoms with van der Waals surface area (Å²) in [5.74, 6) is 3.01. The molecule has 2 atom stereocenters. The van der Waals surface area contributed by atoms with E-state index in [2.05, 4.69) is 32.0 Å². The third-order valence-corrected chi connectivity index (χ3v) is 5.18. The van der Waals surface area contributed by atoms with Gasteiger partial charge in [0, 0.05) is 11.1 Å². The average molecular weight is 241 g/mol. The van der Waals surface area contributed by atoms with Crippen molar-refractivity contribution in [2.75, 3.05) is 11.5 Å². The normalized spacial score (nSPS) is 25.8. The Morgan fingerprint density at radius 1 is 1.27 bits per heavy atom. The van der Waals surface area contributed by atoms with Crippen molar-refractivity contribution in [1.82, 2.24) is 0 Å². The topological polar surface area (TPSA) is 0 Å². The van der Waals surface area contributed by atoms with Crippen molar-refractivity contribution in [3.63, 3.8) is 0 Å². The zero-order valence-electron chi connectivity index (χ0n) is 9.29. The molecular weight excluding hydrogens is 224 g/mol. The van der Waals surface area contributed by atoms with E-state index < -0.39 is 0 Å². The lowest BCUT2D eigenvalue weighted by molar-refractivity contribution is 0.599. The summed E-state index contributed by atoms with van der Waals surface area (Å²) in [6.07, 6.45) is 1.15. The Labute approximate surface area is 101 Å². The minimum atomic E-state index is 0.369. The van der Waals surface area contributed by atoms with E-state index in [0.717, 1.165) is 12.2 Å². The molecular formula is C13H17ClS. The molecule has 1 aliphatic heterocycles. The second-order valence-corrected chi connectivity index (χ2v) is 6.02. The van der Waals surface area contributed by atoms with Crippen LogP contribution in [-0.4, -0.2) is 16.9 Å². The van der Waals surface area contributed by atoms with E-state index in [9.17, 15) is 0 Å². The summed E-state index contributed by atoms with van der Waals surface area (Å²) in [5, 5.41) is 0.369. The van der Waals surface area contributed by atoms with Gasteiger partial charge < -0.3 is 0 Å². The van der Waals surface area contributed by atoms with E-state index in [1.807, 2.05) is 11.8 Å². The highest BCUT2D eigenvalue weighted by Crippen LogP contribution is 2.32. The molecule has 1 saturated heterocycles. The lowest BCUT2D eigenvalue weighted by Crippen LogP contribution is -2.16. The minimum absolute atomic E-state index is 0.369. The van der Waals surface area contributed by atoms with Gasteiger partial charge >= 0.3 is 0 Å². The standard InChI is InChI=1S/C13H17ClS/c1-9-4-3-5-10(2)12(9)6-11-7-15-8-13(11)14/h3-5,11,13H,6-8H2,1-2H3. The number of benzene rings is 1. The first-order chi connectivity index (χ1) is 7.18. The number of hydrogen-bond acceptors (Lipinski definition) is 1. The van der Waals surface area contributed by atoms with E-state index in [0.29, 0.717) is 11.3 Å². The van der Waals surface area contributed by atoms with Crippen molar-refractivity contribution in [3.05, 3.63) is 34.9 Å². The summed E-state index contributed by atoms with van der Waals surface area (Å²) >= 11 is 8.30. The maximum Gasteiger partial charge on any atom is 0.0465 e. The summed E-state index contributed by atoms with van der Waals surface area (Å²) in [4.78, 5) is 0. The van der Waals surface area contributed by atoms with Gasteiger partial charge in [-0.15, -0.1) is 11.6 Å². The molecule has 1 aliphatic rings. The fourth-order valence-corrected chi connectivity index (χ4v) is 4.03. The number of rotatable bonds is 2. The fraction of sp³-hybridized carbons (Fsp3) is 0.538. The van der Waals surface area contributed by atoms with E-state index in [-0.39, 0.29) is 0 Å². The molecule has 0 bridgehead atoms. The lowest BCUT2D eigenvalue weighted by Gasteiger charge is -2.16. The molecule has 15 heavy (non-hydrogen) atoms. The summed E-state index contributed by atoms with van der Waals surface area (Å²) in [5.41, 5.74) is 4.34. The van der Waals surface area contributed by atoms with Crippen LogP contribution in [-0.2, 0) is 6.42 Å². The highest BCUT2D eigenvalue weighted by molar-refractivity contribution is 7.99. The van der Waals surface area contributed by atoms with Crippen LogP contribution < -0.4 is 0 Å². The van der Waals surface area contributed by atoms with Crippen molar-refractivity contribution in [3.8, 4) is 0 Å². The third-order valence-electron chi connectivity index (χ3n) is 3.23. The number of alkyl halides is 1. The molecule has 0 nitrogen and oxygen atoms in total. The highest BCUT2D eigenvalue weighted by Gasteiger charge is 2.26. The maximum absolute atomic E-state index is 6.31. The molecule has 0 aromatic heterocycles. The predicted molar refractivity (Wildman–Crippen MR) is 70.1 cm³/mol. The van der Waals surface area contributed by atoms with Crippen molar-refractivity contribution in [2.24, 2.45) is 5.92 Å². The minimum Gasteiger partial charge on any atom is -0.160 e. The monoisotopic (exact) mass is 240 g/mol. The van der Waals surface area contributed by atoms with Crippen LogP contribution >= 0.6 is 23.4 Å². The SMILES string of the molecule is Cc1cccc(C)c1CC1CSCC1Cl. The van der Waals surface area contributed by atoms with Crippen LogP contribution in [0.5, 0.6) is 0 Å². The maximum atomic E-state index is 6.31. The molecule has 0 aliphatic carbocycles. The van der Waals surface area contributed by atoms with Crippen LogP contribution in [0.3, 0.4) is 0 Å². The van der Waals surface area contributed by atoms with E-state index >= 15 is 0 Å². The van der Waals surface area contributed by atoms with Gasteiger partial charge in [0.2, 0.25) is 0 Å². The smallest absolute Gasteiger partial charge is 0.0465 e. The van der Waals surface area contributed by atoms with Gasteiger partial charge in [0.05, 0.1) is 0 Å². The van der Waals surface area contributed by atoms with Gasteiger partial charge in [-0.1, -0.05) is 18.2 Å². The van der Waals surface area contributed by atoms with Gasteiger partial charge in [-0.3, -0.25) is 0 Å². The van der Waals surface area contributed by atoms with Gasteiger partial charge in [0.15, 0.2) is 0 Å². The van der Waals surface area contributed by atoms with Crippen LogP contribution in [0.1, 0.15) is 16.7 Å². The molecule has 1 aromatic carbocycles. The van der Waals surface area contributed by atoms with Gasteiger partial charge in [0.25, 0.3) is 0 Å². The molecule has 1 fully saturated rings.